The van der Waals surface area contributed by atoms with Gasteiger partial charge >= 0.3 is 0 Å². The lowest BCUT2D eigenvalue weighted by atomic mass is 10.1. The highest BCUT2D eigenvalue weighted by atomic mass is 35.5. The van der Waals surface area contributed by atoms with Crippen molar-refractivity contribution in [2.24, 2.45) is 0 Å². The Hall–Kier alpha value is -13.8. The fourth-order valence-corrected chi connectivity index (χ4v) is 15.1. The Morgan fingerprint density at radius 2 is 0.723 bits per heavy atom. The molecule has 3 N–H and O–H groups in total. The van der Waals surface area contributed by atoms with Crippen LogP contribution in [0, 0.1) is 12.7 Å². The molecule has 0 spiro atoms. The van der Waals surface area contributed by atoms with Gasteiger partial charge in [0.05, 0.1) is 72.1 Å². The van der Waals surface area contributed by atoms with Crippen molar-refractivity contribution < 1.29 is 46.9 Å². The van der Waals surface area contributed by atoms with E-state index in [1.807, 2.05) is 178 Å². The van der Waals surface area contributed by atoms with E-state index in [0.717, 1.165) is 124 Å². The monoisotopic (exact) mass is 1620 g/mol. The predicted octanol–water partition coefficient (Wildman–Crippen LogP) is 21.9. The van der Waals surface area contributed by atoms with Crippen molar-refractivity contribution in [3.63, 3.8) is 0 Å². The first-order chi connectivity index (χ1) is 58.4. The van der Waals surface area contributed by atoms with Crippen molar-refractivity contribution >= 4 is 76.8 Å². The number of hydrogen-bond acceptors (Lipinski definition) is 15. The van der Waals surface area contributed by atoms with Gasteiger partial charge in [0.2, 0.25) is 0 Å². The largest absolute Gasteiger partial charge is 0.497 e. The summed E-state index contributed by atoms with van der Waals surface area (Å²) in [4.78, 5) is 0. The first-order valence-corrected chi connectivity index (χ1v) is 39.9. The smallest absolute Gasteiger partial charge is 0.156 e. The first-order valence-electron chi connectivity index (χ1n) is 38.6. The number of benzene rings is 10. The second kappa shape index (κ2) is 37.0. The summed E-state index contributed by atoms with van der Waals surface area (Å²) in [5.41, 5.74) is 17.4. The SMILES string of the molecule is COCc1ccc(-c2nn(Cc3ccccc3)c3ccccc23)o1.COc1ccc2c(-c3ccc(CO)o3)nn(Cc3ccccc3)c2c1.Cc1ccc(-c2nn(Cc3ccc(Cl)cc3)c3ccccc23)cc1.OCc1ccc(-c2nn(Cc3ccccc3)c3cc(F)ccc23)o1.OCc1ccc(-c2nn(Cc3ccccc3)c3ccsc23)o1. The number of thiophene rings is 1. The summed E-state index contributed by atoms with van der Waals surface area (Å²) in [6, 6.07) is 101. The molecule has 22 heteroatoms. The van der Waals surface area contributed by atoms with Crippen molar-refractivity contribution in [2.75, 3.05) is 14.2 Å². The molecule has 0 unspecified atom stereocenters. The second-order valence-corrected chi connectivity index (χ2v) is 29.5. The zero-order valence-electron chi connectivity index (χ0n) is 65.3. The van der Waals surface area contributed by atoms with E-state index < -0.39 is 0 Å². The molecule has 594 valence electrons. The third-order valence-electron chi connectivity index (χ3n) is 20.0. The highest BCUT2D eigenvalue weighted by molar-refractivity contribution is 7.17. The van der Waals surface area contributed by atoms with Gasteiger partial charge in [-0.3, -0.25) is 23.4 Å². The molecule has 0 bridgehead atoms. The number of para-hydroxylation sites is 2. The van der Waals surface area contributed by atoms with Crippen LogP contribution in [0.5, 0.6) is 5.75 Å². The molecule has 0 aliphatic rings. The highest BCUT2D eigenvalue weighted by Gasteiger charge is 2.22. The topological polar surface area (TPSA) is 221 Å². The fraction of sp³-hybridized carbons (Fsp3) is 0.124. The van der Waals surface area contributed by atoms with E-state index in [0.29, 0.717) is 65.5 Å². The van der Waals surface area contributed by atoms with E-state index in [9.17, 15) is 14.6 Å². The molecular weight excluding hydrogens is 1540 g/mol. The normalized spacial score (nSPS) is 11.2. The van der Waals surface area contributed by atoms with Gasteiger partial charge in [-0.05, 0) is 149 Å². The van der Waals surface area contributed by atoms with Gasteiger partial charge in [-0.2, -0.15) is 25.5 Å². The summed E-state index contributed by atoms with van der Waals surface area (Å²) in [7, 11) is 3.31. The van der Waals surface area contributed by atoms with E-state index in [4.69, 9.17) is 64.2 Å². The molecule has 119 heavy (non-hydrogen) atoms. The van der Waals surface area contributed by atoms with E-state index in [1.165, 1.54) is 39.8 Å². The molecule has 10 aromatic carbocycles. The average Bonchev–Trinajstić information content (AvgIpc) is 1.67. The molecule has 20 rings (SSSR count). The third-order valence-corrected chi connectivity index (χ3v) is 21.1. The van der Waals surface area contributed by atoms with Crippen LogP contribution >= 0.6 is 22.9 Å². The Morgan fingerprint density at radius 1 is 0.353 bits per heavy atom. The van der Waals surface area contributed by atoms with E-state index in [-0.39, 0.29) is 25.6 Å². The van der Waals surface area contributed by atoms with Gasteiger partial charge in [0.25, 0.3) is 0 Å². The van der Waals surface area contributed by atoms with Crippen molar-refractivity contribution in [1.29, 1.82) is 0 Å². The minimum atomic E-state index is -0.307. The molecule has 0 aliphatic carbocycles. The molecule has 0 saturated carbocycles. The van der Waals surface area contributed by atoms with Crippen LogP contribution < -0.4 is 4.74 Å². The Bertz CT molecular complexity index is 6720. The minimum absolute atomic E-state index is 0.0989. The number of aliphatic hydroxyl groups excluding tert-OH is 3. The van der Waals surface area contributed by atoms with Gasteiger partial charge in [0, 0.05) is 45.3 Å². The maximum absolute atomic E-state index is 13.7. The lowest BCUT2D eigenvalue weighted by Gasteiger charge is -2.05. The molecule has 0 atom stereocenters. The third kappa shape index (κ3) is 18.4. The molecule has 0 saturated heterocycles. The summed E-state index contributed by atoms with van der Waals surface area (Å²) in [5, 5.41) is 58.2. The molecule has 0 fully saturated rings. The number of halogens is 2. The molecule has 20 aromatic rings. The number of aliphatic hydroxyl groups is 3. The Labute approximate surface area is 693 Å². The molecule has 10 aromatic heterocycles. The van der Waals surface area contributed by atoms with Crippen LogP contribution in [0.25, 0.3) is 111 Å². The Morgan fingerprint density at radius 3 is 1.18 bits per heavy atom. The average molecular weight is 1620 g/mol. The molecule has 10 heterocycles. The second-order valence-electron chi connectivity index (χ2n) is 28.2. The van der Waals surface area contributed by atoms with Gasteiger partial charge in [-0.15, -0.1) is 11.3 Å². The van der Waals surface area contributed by atoms with Gasteiger partial charge in [0.1, 0.15) is 89.5 Å². The van der Waals surface area contributed by atoms with Gasteiger partial charge < -0.3 is 42.5 Å². The number of fused-ring (bicyclic) bond motifs is 5. The van der Waals surface area contributed by atoms with Crippen molar-refractivity contribution in [3.8, 4) is 62.8 Å². The Kier molecular flexibility index (Phi) is 24.6. The molecule has 0 amide bonds. The number of aryl methyl sites for hydroxylation is 1. The highest BCUT2D eigenvalue weighted by Crippen LogP contribution is 2.38. The summed E-state index contributed by atoms with van der Waals surface area (Å²) < 4.78 is 57.9. The zero-order chi connectivity index (χ0) is 81.6. The van der Waals surface area contributed by atoms with Crippen LogP contribution in [-0.2, 0) is 63.9 Å². The van der Waals surface area contributed by atoms with Crippen LogP contribution in [0.4, 0.5) is 4.39 Å². The van der Waals surface area contributed by atoms with Gasteiger partial charge in [0.15, 0.2) is 23.0 Å². The van der Waals surface area contributed by atoms with Crippen LogP contribution in [0.3, 0.4) is 0 Å². The van der Waals surface area contributed by atoms with E-state index >= 15 is 0 Å². The summed E-state index contributed by atoms with van der Waals surface area (Å²) in [5.74, 6) is 5.49. The number of ether oxygens (including phenoxy) is 2. The summed E-state index contributed by atoms with van der Waals surface area (Å²) in [6.45, 7) is 5.53. The standard InChI is InChI=1S/C21H17ClN2.C20H18N2O3.C20H18N2O2.C19H15FN2O2.C17H14N2O2S/c1-15-6-10-17(11-7-15)21-19-4-2-3-5-20(19)24(23-21)14-16-8-12-18(22)13-9-16;1-24-15-7-9-17-18(11-15)22(12-14-5-3-2-4-6-14)21-20(17)19-10-8-16(13-23)25-19;1-23-14-16-11-12-19(24-16)20-17-9-5-6-10-18(17)22(21-20)13-15-7-3-2-4-8-15;20-14-6-8-16-17(10-14)22(11-13-4-2-1-3-5-13)21-19(16)18-9-7-15(12-23)24-18;20-11-13-6-7-15(21-13)16-17-14(8-9-22-17)19(18-16)10-12-4-2-1-3-5-12/h2-13H,14H2,1H3;2-11,23H,12-13H2,1H3;2-12H,13-14H2,1H3;1-10,23H,11-12H2;1-9,20H,10-11H2. The van der Waals surface area contributed by atoms with Gasteiger partial charge in [-0.25, -0.2) is 4.39 Å². The molecule has 0 aliphatic heterocycles. The fourth-order valence-electron chi connectivity index (χ4n) is 14.1. The van der Waals surface area contributed by atoms with E-state index in [2.05, 4.69) is 125 Å². The first kappa shape index (κ1) is 79.1. The summed E-state index contributed by atoms with van der Waals surface area (Å²) in [6.07, 6.45) is 0. The number of methoxy groups -OCH3 is 2. The van der Waals surface area contributed by atoms with Crippen molar-refractivity contribution in [2.45, 2.75) is 66.1 Å². The lowest BCUT2D eigenvalue weighted by Crippen LogP contribution is -2.01. The number of furan rings is 4. The summed E-state index contributed by atoms with van der Waals surface area (Å²) >= 11 is 7.64. The molecular formula is C97H82ClFN10O9S. The van der Waals surface area contributed by atoms with Crippen LogP contribution in [0.1, 0.15) is 56.4 Å². The maximum atomic E-state index is 13.7. The maximum Gasteiger partial charge on any atom is 0.156 e. The van der Waals surface area contributed by atoms with Crippen LogP contribution in [0.2, 0.25) is 5.02 Å². The number of nitrogens with zero attached hydrogens (tertiary/aromatic N) is 10. The van der Waals surface area contributed by atoms with Crippen LogP contribution in [0.15, 0.2) is 332 Å². The van der Waals surface area contributed by atoms with E-state index in [1.54, 1.807) is 60.6 Å². The van der Waals surface area contributed by atoms with Crippen molar-refractivity contribution in [3.05, 3.63) is 382 Å². The van der Waals surface area contributed by atoms with Crippen LogP contribution in [-0.4, -0.2) is 78.4 Å². The predicted molar refractivity (Wildman–Crippen MR) is 465 cm³/mol. The number of aromatic nitrogens is 10. The Balaban J connectivity index is 0.000000111. The molecule has 0 radical (unpaired) electrons. The quantitative estimate of drug-likeness (QED) is 0.0609. The van der Waals surface area contributed by atoms with Crippen molar-refractivity contribution in [1.82, 2.24) is 48.9 Å². The number of hydrogen-bond donors (Lipinski definition) is 3. The van der Waals surface area contributed by atoms with Gasteiger partial charge in [-0.1, -0.05) is 211 Å². The number of rotatable bonds is 21. The minimum Gasteiger partial charge on any atom is -0.497 e. The zero-order valence-corrected chi connectivity index (χ0v) is 66.9. The molecule has 19 nitrogen and oxygen atoms in total. The lowest BCUT2D eigenvalue weighted by molar-refractivity contribution is 0.165.